The van der Waals surface area contributed by atoms with Gasteiger partial charge in [-0.05, 0) is 23.8 Å². The van der Waals surface area contributed by atoms with Crippen molar-refractivity contribution in [3.8, 4) is 22.6 Å². The number of fused-ring (bicyclic) bond motifs is 4. The Bertz CT molecular complexity index is 1110. The number of ether oxygens (including phenoxy) is 1. The van der Waals surface area contributed by atoms with E-state index in [2.05, 4.69) is 15.0 Å². The van der Waals surface area contributed by atoms with Gasteiger partial charge in [0, 0.05) is 36.1 Å². The zero-order chi connectivity index (χ0) is 18.6. The standard InChI is InChI=1S/C20H15N5O2/c1-25-18(26)20(24-19(25)21)14-4-2-3-5-16(14)27-17-7-6-12(8-15(17)20)13-9-22-11-23-10-13/h2-11H,1H3,(H2,21,24). The third-order valence-electron chi connectivity index (χ3n) is 5.00. The first-order valence-electron chi connectivity index (χ1n) is 8.42. The Morgan fingerprint density at radius 3 is 2.48 bits per heavy atom. The zero-order valence-corrected chi connectivity index (χ0v) is 14.5. The summed E-state index contributed by atoms with van der Waals surface area (Å²) >= 11 is 0. The Morgan fingerprint density at radius 1 is 1.00 bits per heavy atom. The molecule has 1 amide bonds. The molecule has 0 fully saturated rings. The molecular weight excluding hydrogens is 342 g/mol. The fraction of sp³-hybridized carbons (Fsp3) is 0.100. The number of hydrogen-bond acceptors (Lipinski definition) is 6. The number of nitrogens with zero attached hydrogens (tertiary/aromatic N) is 4. The molecule has 132 valence electrons. The van der Waals surface area contributed by atoms with Crippen molar-refractivity contribution >= 4 is 11.9 Å². The minimum absolute atomic E-state index is 0.177. The van der Waals surface area contributed by atoms with E-state index in [4.69, 9.17) is 10.5 Å². The molecule has 5 rings (SSSR count). The maximum atomic E-state index is 13.3. The fourth-order valence-corrected chi connectivity index (χ4v) is 3.64. The van der Waals surface area contributed by atoms with Gasteiger partial charge in [-0.2, -0.15) is 0 Å². The predicted octanol–water partition coefficient (Wildman–Crippen LogP) is 2.28. The molecule has 0 aliphatic carbocycles. The summed E-state index contributed by atoms with van der Waals surface area (Å²) in [5, 5.41) is 0. The third kappa shape index (κ3) is 2.02. The second kappa shape index (κ2) is 5.38. The molecule has 2 aliphatic heterocycles. The summed E-state index contributed by atoms with van der Waals surface area (Å²) in [6, 6.07) is 13.1. The molecule has 1 aromatic heterocycles. The van der Waals surface area contributed by atoms with Crippen molar-refractivity contribution in [3.63, 3.8) is 0 Å². The van der Waals surface area contributed by atoms with Crippen LogP contribution < -0.4 is 10.5 Å². The molecule has 3 aromatic rings. The van der Waals surface area contributed by atoms with Crippen LogP contribution in [0.4, 0.5) is 0 Å². The molecule has 0 saturated heterocycles. The van der Waals surface area contributed by atoms with E-state index < -0.39 is 5.54 Å². The highest BCUT2D eigenvalue weighted by Gasteiger charge is 2.54. The zero-order valence-electron chi connectivity index (χ0n) is 14.5. The number of guanidine groups is 1. The smallest absolute Gasteiger partial charge is 0.266 e. The van der Waals surface area contributed by atoms with Crippen LogP contribution in [0, 0.1) is 0 Å². The van der Waals surface area contributed by atoms with E-state index in [-0.39, 0.29) is 11.9 Å². The number of carbonyl (C=O) groups excluding carboxylic acids is 1. The first-order valence-corrected chi connectivity index (χ1v) is 8.42. The van der Waals surface area contributed by atoms with Crippen molar-refractivity contribution in [2.75, 3.05) is 7.05 Å². The highest BCUT2D eigenvalue weighted by atomic mass is 16.5. The summed E-state index contributed by atoms with van der Waals surface area (Å²) in [6.45, 7) is 0. The van der Waals surface area contributed by atoms with Gasteiger partial charge in [0.15, 0.2) is 5.96 Å². The first-order chi connectivity index (χ1) is 13.1. The molecule has 1 atom stereocenters. The lowest BCUT2D eigenvalue weighted by Gasteiger charge is -2.33. The van der Waals surface area contributed by atoms with Gasteiger partial charge in [-0.25, -0.2) is 15.0 Å². The Morgan fingerprint density at radius 2 is 1.74 bits per heavy atom. The molecule has 1 unspecified atom stereocenters. The van der Waals surface area contributed by atoms with E-state index in [0.29, 0.717) is 22.6 Å². The number of aromatic nitrogens is 2. The Labute approximate surface area is 155 Å². The summed E-state index contributed by atoms with van der Waals surface area (Å²) in [5.74, 6) is 1.14. The van der Waals surface area contributed by atoms with E-state index in [0.717, 1.165) is 11.1 Å². The van der Waals surface area contributed by atoms with Crippen molar-refractivity contribution in [1.29, 1.82) is 0 Å². The van der Waals surface area contributed by atoms with Gasteiger partial charge in [0.05, 0.1) is 0 Å². The molecule has 3 heterocycles. The lowest BCUT2D eigenvalue weighted by molar-refractivity contribution is -0.129. The number of hydrogen-bond donors (Lipinski definition) is 1. The molecule has 27 heavy (non-hydrogen) atoms. The number of aliphatic imine (C=N–C) groups is 1. The number of carbonyl (C=O) groups is 1. The van der Waals surface area contributed by atoms with Crippen LogP contribution in [-0.4, -0.2) is 33.8 Å². The van der Waals surface area contributed by atoms with E-state index in [1.54, 1.807) is 19.4 Å². The highest BCUT2D eigenvalue weighted by Crippen LogP contribution is 2.52. The second-order valence-corrected chi connectivity index (χ2v) is 6.48. The van der Waals surface area contributed by atoms with E-state index in [1.807, 2.05) is 42.5 Å². The van der Waals surface area contributed by atoms with Gasteiger partial charge in [-0.1, -0.05) is 24.3 Å². The molecule has 0 bridgehead atoms. The van der Waals surface area contributed by atoms with Gasteiger partial charge in [-0.3, -0.25) is 9.69 Å². The number of likely N-dealkylation sites (N-methyl/N-ethyl adjacent to an activating group) is 1. The van der Waals surface area contributed by atoms with Crippen LogP contribution in [-0.2, 0) is 10.3 Å². The van der Waals surface area contributed by atoms with Crippen LogP contribution in [0.25, 0.3) is 11.1 Å². The minimum Gasteiger partial charge on any atom is -0.457 e. The quantitative estimate of drug-likeness (QED) is 0.721. The molecule has 2 aromatic carbocycles. The number of amides is 1. The van der Waals surface area contributed by atoms with Gasteiger partial charge >= 0.3 is 0 Å². The largest absolute Gasteiger partial charge is 0.457 e. The van der Waals surface area contributed by atoms with Crippen molar-refractivity contribution in [3.05, 3.63) is 72.3 Å². The summed E-state index contributed by atoms with van der Waals surface area (Å²) < 4.78 is 6.06. The predicted molar refractivity (Wildman–Crippen MR) is 99.2 cm³/mol. The number of para-hydroxylation sites is 1. The number of benzene rings is 2. The van der Waals surface area contributed by atoms with Crippen LogP contribution in [0.2, 0.25) is 0 Å². The van der Waals surface area contributed by atoms with Crippen molar-refractivity contribution in [2.45, 2.75) is 5.54 Å². The summed E-state index contributed by atoms with van der Waals surface area (Å²) in [5.41, 5.74) is 7.81. The molecule has 1 spiro atoms. The molecule has 7 heteroatoms. The monoisotopic (exact) mass is 357 g/mol. The summed E-state index contributed by atoms with van der Waals surface area (Å²) in [4.78, 5) is 27.5. The Kier molecular flexibility index (Phi) is 3.09. The molecule has 7 nitrogen and oxygen atoms in total. The normalized spacial score (nSPS) is 20.1. The average Bonchev–Trinajstić information content (AvgIpc) is 2.94. The van der Waals surface area contributed by atoms with E-state index >= 15 is 0 Å². The van der Waals surface area contributed by atoms with Crippen LogP contribution in [0.15, 0.2) is 66.2 Å². The van der Waals surface area contributed by atoms with Crippen LogP contribution in [0.5, 0.6) is 11.5 Å². The summed E-state index contributed by atoms with van der Waals surface area (Å²) in [7, 11) is 1.63. The number of rotatable bonds is 1. The molecule has 2 aliphatic rings. The van der Waals surface area contributed by atoms with Gasteiger partial charge in [0.1, 0.15) is 17.8 Å². The maximum absolute atomic E-state index is 13.3. The SMILES string of the molecule is CN1C(=O)C2(N=C1N)c1ccccc1Oc1ccc(-c3cncnc3)cc12. The topological polar surface area (TPSA) is 93.7 Å². The molecule has 2 N–H and O–H groups in total. The Hall–Kier alpha value is -3.74. The number of nitrogens with two attached hydrogens (primary N) is 1. The van der Waals surface area contributed by atoms with Crippen molar-refractivity contribution in [2.24, 2.45) is 10.7 Å². The molecule has 0 radical (unpaired) electrons. The van der Waals surface area contributed by atoms with Gasteiger partial charge in [0.25, 0.3) is 5.91 Å². The van der Waals surface area contributed by atoms with Crippen molar-refractivity contribution in [1.82, 2.24) is 14.9 Å². The lowest BCUT2D eigenvalue weighted by atomic mass is 9.79. The molecule has 0 saturated carbocycles. The van der Waals surface area contributed by atoms with Crippen LogP contribution >= 0.6 is 0 Å². The van der Waals surface area contributed by atoms with Gasteiger partial charge in [-0.15, -0.1) is 0 Å². The van der Waals surface area contributed by atoms with Crippen molar-refractivity contribution < 1.29 is 9.53 Å². The van der Waals surface area contributed by atoms with E-state index in [1.165, 1.54) is 11.2 Å². The fourth-order valence-electron chi connectivity index (χ4n) is 3.64. The third-order valence-corrected chi connectivity index (χ3v) is 5.00. The second-order valence-electron chi connectivity index (χ2n) is 6.48. The van der Waals surface area contributed by atoms with Crippen LogP contribution in [0.3, 0.4) is 0 Å². The van der Waals surface area contributed by atoms with Crippen LogP contribution in [0.1, 0.15) is 11.1 Å². The van der Waals surface area contributed by atoms with Gasteiger partial charge in [0.2, 0.25) is 5.54 Å². The first kappa shape index (κ1) is 15.5. The highest BCUT2D eigenvalue weighted by molar-refractivity contribution is 6.10. The van der Waals surface area contributed by atoms with E-state index in [9.17, 15) is 4.79 Å². The maximum Gasteiger partial charge on any atom is 0.266 e. The van der Waals surface area contributed by atoms with Gasteiger partial charge < -0.3 is 10.5 Å². The lowest BCUT2D eigenvalue weighted by Crippen LogP contribution is -2.42. The minimum atomic E-state index is -1.26. The molecular formula is C20H15N5O2. The average molecular weight is 357 g/mol. The summed E-state index contributed by atoms with van der Waals surface area (Å²) in [6.07, 6.45) is 4.92. The Balaban J connectivity index is 1.81.